The van der Waals surface area contributed by atoms with E-state index in [1.165, 1.54) is 11.1 Å². The molecule has 0 bridgehead atoms. The van der Waals surface area contributed by atoms with Crippen molar-refractivity contribution in [1.29, 1.82) is 0 Å². The first-order valence-corrected chi connectivity index (χ1v) is 7.22. The maximum Gasteiger partial charge on any atom is 0.130 e. The van der Waals surface area contributed by atoms with Gasteiger partial charge < -0.3 is 10.5 Å². The van der Waals surface area contributed by atoms with Crippen LogP contribution in [0.1, 0.15) is 16.8 Å². The summed E-state index contributed by atoms with van der Waals surface area (Å²) in [5.41, 5.74) is 11.8. The molecule has 112 valence electrons. The number of nitrogens with zero attached hydrogens (tertiary/aromatic N) is 1. The first-order valence-electron chi connectivity index (χ1n) is 7.22. The van der Waals surface area contributed by atoms with Crippen LogP contribution in [0.2, 0.25) is 0 Å². The Balaban J connectivity index is 1.69. The third-order valence-corrected chi connectivity index (χ3v) is 3.71. The zero-order valence-corrected chi connectivity index (χ0v) is 12.8. The van der Waals surface area contributed by atoms with Crippen LogP contribution in [0.15, 0.2) is 48.5 Å². The summed E-state index contributed by atoms with van der Waals surface area (Å²) in [6.45, 7) is 4.63. The summed E-state index contributed by atoms with van der Waals surface area (Å²) in [5.74, 6) is 0.867. The average molecular weight is 293 g/mol. The molecule has 0 unspecified atom stereocenters. The summed E-state index contributed by atoms with van der Waals surface area (Å²) in [7, 11) is 0. The number of nitrogen functional groups attached to an aromatic ring is 1. The van der Waals surface area contributed by atoms with E-state index in [9.17, 15) is 0 Å². The van der Waals surface area contributed by atoms with Gasteiger partial charge in [-0.2, -0.15) is 5.10 Å². The number of benzene rings is 2. The van der Waals surface area contributed by atoms with Crippen molar-refractivity contribution in [3.05, 3.63) is 65.4 Å². The second kappa shape index (κ2) is 5.93. The normalized spacial score (nSPS) is 10.6. The Hall–Kier alpha value is -2.75. The summed E-state index contributed by atoms with van der Waals surface area (Å²) >= 11 is 0. The molecule has 0 amide bonds. The number of nitrogens with two attached hydrogens (primary N) is 1. The molecule has 1 aromatic heterocycles. The molecule has 4 heteroatoms. The Labute approximate surface area is 129 Å². The van der Waals surface area contributed by atoms with Crippen LogP contribution in [0.5, 0.6) is 5.75 Å². The summed E-state index contributed by atoms with van der Waals surface area (Å²) in [4.78, 5) is 0. The third-order valence-electron chi connectivity index (χ3n) is 3.71. The lowest BCUT2D eigenvalue weighted by Crippen LogP contribution is -1.96. The standard InChI is InChI=1S/C18H19N3O/c1-12-3-8-17(9-13(12)2)22-11-16-10-18(21-20-16)14-4-6-15(19)7-5-14/h3-10H,11,19H2,1-2H3,(H,20,21). The van der Waals surface area contributed by atoms with E-state index >= 15 is 0 Å². The zero-order valence-electron chi connectivity index (χ0n) is 12.8. The van der Waals surface area contributed by atoms with Gasteiger partial charge in [0.05, 0.1) is 11.4 Å². The molecule has 3 rings (SSSR count). The zero-order chi connectivity index (χ0) is 15.5. The second-order valence-electron chi connectivity index (χ2n) is 5.44. The number of hydrogen-bond acceptors (Lipinski definition) is 3. The molecule has 0 atom stereocenters. The van der Waals surface area contributed by atoms with Crippen molar-refractivity contribution in [2.45, 2.75) is 20.5 Å². The molecule has 3 N–H and O–H groups in total. The van der Waals surface area contributed by atoms with Crippen molar-refractivity contribution in [1.82, 2.24) is 10.2 Å². The highest BCUT2D eigenvalue weighted by Crippen LogP contribution is 2.21. The van der Waals surface area contributed by atoms with Gasteiger partial charge in [0, 0.05) is 11.3 Å². The number of hydrogen-bond donors (Lipinski definition) is 2. The highest BCUT2D eigenvalue weighted by atomic mass is 16.5. The monoisotopic (exact) mass is 293 g/mol. The fraction of sp³-hybridized carbons (Fsp3) is 0.167. The molecule has 0 aliphatic rings. The smallest absolute Gasteiger partial charge is 0.130 e. The van der Waals surface area contributed by atoms with Crippen LogP contribution < -0.4 is 10.5 Å². The number of aromatic amines is 1. The topological polar surface area (TPSA) is 63.9 Å². The molecule has 4 nitrogen and oxygen atoms in total. The minimum absolute atomic E-state index is 0.463. The van der Waals surface area contributed by atoms with Crippen LogP contribution >= 0.6 is 0 Å². The van der Waals surface area contributed by atoms with Crippen molar-refractivity contribution in [3.63, 3.8) is 0 Å². The maximum absolute atomic E-state index is 5.80. The molecule has 0 spiro atoms. The summed E-state index contributed by atoms with van der Waals surface area (Å²) in [6.07, 6.45) is 0. The lowest BCUT2D eigenvalue weighted by Gasteiger charge is -2.06. The average Bonchev–Trinajstić information content (AvgIpc) is 2.98. The van der Waals surface area contributed by atoms with Crippen LogP contribution in [0.4, 0.5) is 5.69 Å². The quantitative estimate of drug-likeness (QED) is 0.718. The van der Waals surface area contributed by atoms with E-state index in [1.54, 1.807) is 0 Å². The van der Waals surface area contributed by atoms with E-state index in [4.69, 9.17) is 10.5 Å². The number of aryl methyl sites for hydroxylation is 2. The Morgan fingerprint density at radius 2 is 1.77 bits per heavy atom. The van der Waals surface area contributed by atoms with Gasteiger partial charge in [-0.05, 0) is 55.3 Å². The van der Waals surface area contributed by atoms with Crippen molar-refractivity contribution in [2.24, 2.45) is 0 Å². The maximum atomic E-state index is 5.80. The first kappa shape index (κ1) is 14.2. The van der Waals surface area contributed by atoms with E-state index in [2.05, 4.69) is 30.1 Å². The summed E-state index contributed by atoms with van der Waals surface area (Å²) < 4.78 is 5.80. The molecular formula is C18H19N3O. The highest BCUT2D eigenvalue weighted by molar-refractivity contribution is 5.61. The Morgan fingerprint density at radius 1 is 1.00 bits per heavy atom. The van der Waals surface area contributed by atoms with Crippen LogP contribution in [0, 0.1) is 13.8 Å². The number of H-pyrrole nitrogens is 1. The predicted octanol–water partition coefficient (Wildman–Crippen LogP) is 3.85. The van der Waals surface area contributed by atoms with Gasteiger partial charge in [0.1, 0.15) is 12.4 Å². The molecule has 0 aliphatic heterocycles. The van der Waals surface area contributed by atoms with Gasteiger partial charge in [0.25, 0.3) is 0 Å². The summed E-state index contributed by atoms with van der Waals surface area (Å²) in [6, 6.07) is 15.7. The molecule has 0 saturated heterocycles. The number of ether oxygens (including phenoxy) is 1. The molecular weight excluding hydrogens is 274 g/mol. The largest absolute Gasteiger partial charge is 0.487 e. The van der Waals surface area contributed by atoms with Gasteiger partial charge in [-0.1, -0.05) is 18.2 Å². The Morgan fingerprint density at radius 3 is 2.50 bits per heavy atom. The van der Waals surface area contributed by atoms with E-state index < -0.39 is 0 Å². The fourth-order valence-corrected chi connectivity index (χ4v) is 2.20. The van der Waals surface area contributed by atoms with Crippen molar-refractivity contribution < 1.29 is 4.74 Å². The van der Waals surface area contributed by atoms with Gasteiger partial charge in [0.15, 0.2) is 0 Å². The van der Waals surface area contributed by atoms with Crippen LogP contribution in [0.25, 0.3) is 11.3 Å². The molecule has 22 heavy (non-hydrogen) atoms. The van der Waals surface area contributed by atoms with Crippen LogP contribution in [-0.2, 0) is 6.61 Å². The molecule has 2 aromatic carbocycles. The van der Waals surface area contributed by atoms with Gasteiger partial charge in [-0.3, -0.25) is 5.10 Å². The van der Waals surface area contributed by atoms with Crippen molar-refractivity contribution in [3.8, 4) is 17.0 Å². The van der Waals surface area contributed by atoms with Gasteiger partial charge in [-0.15, -0.1) is 0 Å². The van der Waals surface area contributed by atoms with Crippen LogP contribution in [0.3, 0.4) is 0 Å². The first-order chi connectivity index (χ1) is 10.6. The lowest BCUT2D eigenvalue weighted by atomic mass is 10.1. The van der Waals surface area contributed by atoms with Crippen LogP contribution in [-0.4, -0.2) is 10.2 Å². The van der Waals surface area contributed by atoms with Gasteiger partial charge in [-0.25, -0.2) is 0 Å². The fourth-order valence-electron chi connectivity index (χ4n) is 2.20. The molecule has 0 saturated carbocycles. The van der Waals surface area contributed by atoms with E-state index in [-0.39, 0.29) is 0 Å². The number of anilines is 1. The van der Waals surface area contributed by atoms with E-state index in [0.717, 1.165) is 28.4 Å². The SMILES string of the molecule is Cc1ccc(OCc2cc(-c3ccc(N)cc3)n[nH]2)cc1C. The Kier molecular flexibility index (Phi) is 3.83. The van der Waals surface area contributed by atoms with Crippen molar-refractivity contribution in [2.75, 3.05) is 5.73 Å². The lowest BCUT2D eigenvalue weighted by molar-refractivity contribution is 0.301. The minimum Gasteiger partial charge on any atom is -0.487 e. The molecule has 0 radical (unpaired) electrons. The highest BCUT2D eigenvalue weighted by Gasteiger charge is 2.05. The van der Waals surface area contributed by atoms with E-state index in [1.807, 2.05) is 42.5 Å². The predicted molar refractivity (Wildman–Crippen MR) is 88.7 cm³/mol. The van der Waals surface area contributed by atoms with E-state index in [0.29, 0.717) is 6.61 Å². The molecule has 0 aliphatic carbocycles. The minimum atomic E-state index is 0.463. The second-order valence-corrected chi connectivity index (χ2v) is 5.44. The third kappa shape index (κ3) is 3.11. The van der Waals surface area contributed by atoms with Crippen molar-refractivity contribution >= 4 is 5.69 Å². The molecule has 0 fully saturated rings. The summed E-state index contributed by atoms with van der Waals surface area (Å²) in [5, 5.41) is 7.32. The number of rotatable bonds is 4. The number of aromatic nitrogens is 2. The molecule has 1 heterocycles. The Bertz CT molecular complexity index is 775. The van der Waals surface area contributed by atoms with Gasteiger partial charge in [0.2, 0.25) is 0 Å². The van der Waals surface area contributed by atoms with Gasteiger partial charge >= 0.3 is 0 Å². The number of nitrogens with one attached hydrogen (secondary N) is 1. The molecule has 3 aromatic rings.